The highest BCUT2D eigenvalue weighted by Crippen LogP contribution is 2.21. The number of likely N-dealkylation sites (N-methyl/N-ethyl adjacent to an activating group) is 1. The van der Waals surface area contributed by atoms with Crippen LogP contribution in [-0.2, 0) is 0 Å². The summed E-state index contributed by atoms with van der Waals surface area (Å²) in [6.07, 6.45) is 8.01. The van der Waals surface area contributed by atoms with Gasteiger partial charge in [0.1, 0.15) is 12.1 Å². The fraction of sp³-hybridized carbons (Fsp3) is 0.455. The number of quaternary nitrogens is 1. The number of aliphatic hydroxyl groups is 1. The molecule has 0 saturated heterocycles. The number of tetrazole rings is 2. The second-order valence-electron chi connectivity index (χ2n) is 5.50. The molecule has 0 bridgehead atoms. The van der Waals surface area contributed by atoms with Crippen LogP contribution in [0, 0.1) is 0 Å². The van der Waals surface area contributed by atoms with Crippen molar-refractivity contribution in [2.45, 2.75) is 12.0 Å². The first-order valence-corrected chi connectivity index (χ1v) is 6.43. The third-order valence-corrected chi connectivity index (χ3v) is 3.30. The molecule has 21 heavy (non-hydrogen) atoms. The summed E-state index contributed by atoms with van der Waals surface area (Å²) < 4.78 is 0.214. The molecule has 0 saturated carbocycles. The molecular weight excluding hydrogens is 274 g/mol. The molecule has 2 heterocycles. The van der Waals surface area contributed by atoms with Gasteiger partial charge in [0.05, 0.1) is 14.1 Å². The van der Waals surface area contributed by atoms with E-state index < -0.39 is 5.60 Å². The fourth-order valence-electron chi connectivity index (χ4n) is 2.45. The molecule has 1 aliphatic rings. The lowest BCUT2D eigenvalue weighted by Crippen LogP contribution is -2.59. The molecule has 1 aliphatic carbocycles. The van der Waals surface area contributed by atoms with Gasteiger partial charge in [0.15, 0.2) is 0 Å². The predicted molar refractivity (Wildman–Crippen MR) is 73.1 cm³/mol. The Morgan fingerprint density at radius 2 is 2.24 bits per heavy atom. The largest absolute Gasteiger partial charge is 0.379 e. The van der Waals surface area contributed by atoms with E-state index in [9.17, 15) is 5.11 Å². The zero-order chi connectivity index (χ0) is 14.9. The van der Waals surface area contributed by atoms with Crippen LogP contribution in [0.15, 0.2) is 24.3 Å². The monoisotopic (exact) mass is 290 g/mol. The van der Waals surface area contributed by atoms with Crippen molar-refractivity contribution in [3.8, 4) is 11.6 Å². The Morgan fingerprint density at radius 1 is 1.38 bits per heavy atom. The van der Waals surface area contributed by atoms with E-state index in [1.807, 2.05) is 32.3 Å². The topological polar surface area (TPSA) is 118 Å². The van der Waals surface area contributed by atoms with E-state index in [2.05, 4.69) is 36.1 Å². The van der Waals surface area contributed by atoms with Crippen LogP contribution in [-0.4, -0.2) is 72.3 Å². The van der Waals surface area contributed by atoms with Gasteiger partial charge >= 0.3 is 0 Å². The quantitative estimate of drug-likeness (QED) is 0.679. The molecule has 1 atom stereocenters. The van der Waals surface area contributed by atoms with E-state index in [0.29, 0.717) is 24.6 Å². The van der Waals surface area contributed by atoms with Crippen molar-refractivity contribution in [3.63, 3.8) is 0 Å². The highest BCUT2D eigenvalue weighted by atomic mass is 16.3. The molecule has 2 aromatic heterocycles. The molecule has 0 radical (unpaired) electrons. The molecule has 0 fully saturated rings. The number of rotatable bonds is 4. The van der Waals surface area contributed by atoms with Crippen LogP contribution < -0.4 is 4.59 Å². The molecule has 0 amide bonds. The van der Waals surface area contributed by atoms with Crippen molar-refractivity contribution in [1.29, 1.82) is 0 Å². The number of nitrogens with one attached hydrogen (secondary N) is 1. The number of nitrogens with zero attached hydrogens (tertiary/aromatic N) is 8. The number of hydrogen-bond donors (Lipinski definition) is 2. The summed E-state index contributed by atoms with van der Waals surface area (Å²) in [4.78, 5) is 1.55. The van der Waals surface area contributed by atoms with E-state index in [4.69, 9.17) is 0 Å². The van der Waals surface area contributed by atoms with E-state index in [0.717, 1.165) is 0 Å². The van der Waals surface area contributed by atoms with Gasteiger partial charge in [0.2, 0.25) is 5.82 Å². The van der Waals surface area contributed by atoms with Crippen molar-refractivity contribution in [2.75, 3.05) is 20.6 Å². The maximum Gasteiger partial charge on any atom is 0.277 e. The van der Waals surface area contributed by atoms with Gasteiger partial charge in [0.25, 0.3) is 5.82 Å². The lowest BCUT2D eigenvalue weighted by molar-refractivity contribution is 0.0236. The molecular formula is C11H16N9O+. The molecule has 2 N–H and O–H groups in total. The lowest BCUT2D eigenvalue weighted by Gasteiger charge is -2.35. The molecule has 0 aromatic carbocycles. The first-order valence-electron chi connectivity index (χ1n) is 6.43. The second kappa shape index (κ2) is 4.82. The molecule has 110 valence electrons. The van der Waals surface area contributed by atoms with Gasteiger partial charge in [0, 0.05) is 11.6 Å². The number of hydrogen-bond acceptors (Lipinski definition) is 7. The number of aromatic amines is 1. The minimum absolute atomic E-state index is 0.214. The molecule has 10 heteroatoms. The maximum atomic E-state index is 10.6. The minimum atomic E-state index is -0.946. The van der Waals surface area contributed by atoms with Crippen molar-refractivity contribution in [3.05, 3.63) is 24.3 Å². The molecule has 0 aliphatic heterocycles. The summed E-state index contributed by atoms with van der Waals surface area (Å²) in [5.41, 5.74) is -0.946. The van der Waals surface area contributed by atoms with Crippen molar-refractivity contribution in [1.82, 2.24) is 45.5 Å². The van der Waals surface area contributed by atoms with E-state index >= 15 is 0 Å². The van der Waals surface area contributed by atoms with Crippen molar-refractivity contribution >= 4 is 0 Å². The fourth-order valence-corrected chi connectivity index (χ4v) is 2.45. The second-order valence-corrected chi connectivity index (χ2v) is 5.50. The van der Waals surface area contributed by atoms with Crippen molar-refractivity contribution in [2.24, 2.45) is 0 Å². The minimum Gasteiger partial charge on any atom is -0.379 e. The van der Waals surface area contributed by atoms with Crippen LogP contribution in [0.1, 0.15) is 6.42 Å². The summed E-state index contributed by atoms with van der Waals surface area (Å²) in [5.74, 6) is 0.685. The van der Waals surface area contributed by atoms with Crippen LogP contribution in [0.4, 0.5) is 0 Å². The van der Waals surface area contributed by atoms with Gasteiger partial charge in [-0.1, -0.05) is 28.1 Å². The number of allylic oxidation sites excluding steroid dienone is 2. The highest BCUT2D eigenvalue weighted by Gasteiger charge is 2.37. The van der Waals surface area contributed by atoms with Gasteiger partial charge < -0.3 is 5.11 Å². The molecule has 3 rings (SSSR count). The smallest absolute Gasteiger partial charge is 0.277 e. The highest BCUT2D eigenvalue weighted by molar-refractivity contribution is 5.39. The van der Waals surface area contributed by atoms with Gasteiger partial charge in [-0.25, -0.2) is 0 Å². The third-order valence-electron chi connectivity index (χ3n) is 3.30. The van der Waals surface area contributed by atoms with E-state index in [-0.39, 0.29) is 4.59 Å². The Kier molecular flexibility index (Phi) is 3.11. The number of aromatic nitrogens is 8. The molecule has 0 spiro atoms. The average molecular weight is 290 g/mol. The lowest BCUT2D eigenvalue weighted by atomic mass is 9.95. The SMILES string of the molecule is C[N+](C)(CC1(O)C=CC=CC1)n1nnnc1-c1nn[nH]n1. The predicted octanol–water partition coefficient (Wildman–Crippen LogP) is -1.20. The molecule has 2 aromatic rings. The van der Waals surface area contributed by atoms with E-state index in [1.54, 1.807) is 10.9 Å². The Labute approximate surface area is 120 Å². The van der Waals surface area contributed by atoms with Gasteiger partial charge in [-0.3, -0.25) is 0 Å². The summed E-state index contributed by atoms with van der Waals surface area (Å²) in [6, 6.07) is 0. The van der Waals surface area contributed by atoms with Gasteiger partial charge in [-0.05, 0) is 16.5 Å². The van der Waals surface area contributed by atoms with Crippen LogP contribution in [0.25, 0.3) is 11.6 Å². The first kappa shape index (κ1) is 13.5. The van der Waals surface area contributed by atoms with Crippen LogP contribution in [0.5, 0.6) is 0 Å². The zero-order valence-electron chi connectivity index (χ0n) is 11.7. The van der Waals surface area contributed by atoms with Gasteiger partial charge in [-0.15, -0.1) is 10.2 Å². The Morgan fingerprint density at radius 3 is 2.90 bits per heavy atom. The van der Waals surface area contributed by atoms with Crippen LogP contribution in [0.3, 0.4) is 0 Å². The number of H-pyrrole nitrogens is 1. The normalized spacial score (nSPS) is 21.9. The average Bonchev–Trinajstić information content (AvgIpc) is 3.09. The molecule has 10 nitrogen and oxygen atoms in total. The maximum absolute atomic E-state index is 10.6. The standard InChI is InChI=1S/C11H16N9O/c1-20(2,8-11(21)6-4-3-5-7-11)19-10(14-17-18-19)9-12-15-16-13-9/h3-6,21H,7-8H2,1-2H3,(H,12,13,15,16)/q+1. The summed E-state index contributed by atoms with van der Waals surface area (Å²) in [7, 11) is 3.79. The Hall–Kier alpha value is -2.46. The van der Waals surface area contributed by atoms with Crippen molar-refractivity contribution < 1.29 is 5.11 Å². The van der Waals surface area contributed by atoms with Crippen LogP contribution >= 0.6 is 0 Å². The van der Waals surface area contributed by atoms with Gasteiger partial charge in [-0.2, -0.15) is 9.81 Å². The van der Waals surface area contributed by atoms with E-state index in [1.165, 1.54) is 0 Å². The summed E-state index contributed by atoms with van der Waals surface area (Å²) in [5, 5.41) is 35.9. The Balaban J connectivity index is 1.91. The molecule has 1 unspecified atom stereocenters. The van der Waals surface area contributed by atoms with Crippen LogP contribution in [0.2, 0.25) is 0 Å². The zero-order valence-corrected chi connectivity index (χ0v) is 11.7. The Bertz CT molecular complexity index is 672. The summed E-state index contributed by atoms with van der Waals surface area (Å²) in [6.45, 7) is 0.393. The first-order chi connectivity index (χ1) is 10.0. The third kappa shape index (κ3) is 2.58. The summed E-state index contributed by atoms with van der Waals surface area (Å²) >= 11 is 0.